The van der Waals surface area contributed by atoms with Gasteiger partial charge in [0.05, 0.1) is 18.6 Å². The van der Waals surface area contributed by atoms with Gasteiger partial charge < -0.3 is 9.64 Å². The molecule has 14 heavy (non-hydrogen) atoms. The van der Waals surface area contributed by atoms with Crippen LogP contribution in [0.2, 0.25) is 0 Å². The summed E-state index contributed by atoms with van der Waals surface area (Å²) < 4.78 is 5.15. The van der Waals surface area contributed by atoms with Crippen molar-refractivity contribution in [2.45, 2.75) is 19.8 Å². The quantitative estimate of drug-likeness (QED) is 0.624. The van der Waals surface area contributed by atoms with Crippen LogP contribution in [0.4, 0.5) is 0 Å². The van der Waals surface area contributed by atoms with E-state index >= 15 is 0 Å². The number of nitrogens with zero attached hydrogens (tertiary/aromatic N) is 2. The monoisotopic (exact) mass is 196 g/mol. The molecule has 0 aliphatic carbocycles. The maximum atomic E-state index is 11.8. The number of nitriles is 1. The van der Waals surface area contributed by atoms with E-state index in [1.165, 1.54) is 0 Å². The molecule has 1 aliphatic rings. The van der Waals surface area contributed by atoms with Gasteiger partial charge in [-0.1, -0.05) is 6.92 Å². The average Bonchev–Trinajstić information content (AvgIpc) is 2.69. The fourth-order valence-corrected chi connectivity index (χ4v) is 1.61. The molecule has 1 heterocycles. The normalized spacial score (nSPS) is 20.4. The molecular weight excluding hydrogens is 180 g/mol. The molecule has 4 nitrogen and oxygen atoms in total. The van der Waals surface area contributed by atoms with Gasteiger partial charge in [0.2, 0.25) is 5.91 Å². The van der Waals surface area contributed by atoms with Gasteiger partial charge >= 0.3 is 0 Å². The third-order valence-electron chi connectivity index (χ3n) is 2.35. The highest BCUT2D eigenvalue weighted by molar-refractivity contribution is 5.79. The van der Waals surface area contributed by atoms with Crippen LogP contribution in [0.3, 0.4) is 0 Å². The first kappa shape index (κ1) is 11.0. The number of ether oxygens (including phenoxy) is 1. The Morgan fingerprint density at radius 1 is 1.71 bits per heavy atom. The Kier molecular flexibility index (Phi) is 4.41. The van der Waals surface area contributed by atoms with Gasteiger partial charge in [0.25, 0.3) is 0 Å². The van der Waals surface area contributed by atoms with Crippen molar-refractivity contribution < 1.29 is 9.53 Å². The van der Waals surface area contributed by atoms with Crippen LogP contribution in [-0.2, 0) is 9.53 Å². The molecule has 0 aromatic carbocycles. The van der Waals surface area contributed by atoms with E-state index < -0.39 is 0 Å². The summed E-state index contributed by atoms with van der Waals surface area (Å²) in [5.74, 6) is 0.0563. The molecule has 1 unspecified atom stereocenters. The Labute approximate surface area is 84.4 Å². The van der Waals surface area contributed by atoms with Crippen molar-refractivity contribution in [3.05, 3.63) is 0 Å². The highest BCUT2D eigenvalue weighted by atomic mass is 16.5. The zero-order valence-electron chi connectivity index (χ0n) is 8.53. The van der Waals surface area contributed by atoms with Crippen LogP contribution in [0.15, 0.2) is 0 Å². The number of amides is 1. The molecule has 1 atom stereocenters. The topological polar surface area (TPSA) is 53.3 Å². The van der Waals surface area contributed by atoms with E-state index in [0.29, 0.717) is 19.8 Å². The molecule has 0 bridgehead atoms. The molecule has 0 radical (unpaired) electrons. The first-order valence-electron chi connectivity index (χ1n) is 5.03. The lowest BCUT2D eigenvalue weighted by Gasteiger charge is -2.21. The van der Waals surface area contributed by atoms with E-state index in [1.54, 1.807) is 4.90 Å². The zero-order valence-corrected chi connectivity index (χ0v) is 8.53. The third-order valence-corrected chi connectivity index (χ3v) is 2.35. The summed E-state index contributed by atoms with van der Waals surface area (Å²) in [7, 11) is 0. The molecule has 4 heteroatoms. The van der Waals surface area contributed by atoms with E-state index in [-0.39, 0.29) is 18.4 Å². The second kappa shape index (κ2) is 5.61. The van der Waals surface area contributed by atoms with Gasteiger partial charge in [0.1, 0.15) is 6.54 Å². The maximum absolute atomic E-state index is 11.8. The zero-order chi connectivity index (χ0) is 10.4. The molecule has 0 spiro atoms. The Balaban J connectivity index is 2.49. The molecule has 1 fully saturated rings. The van der Waals surface area contributed by atoms with Crippen LogP contribution in [-0.4, -0.2) is 37.1 Å². The first-order valence-corrected chi connectivity index (χ1v) is 5.03. The Morgan fingerprint density at radius 3 is 3.00 bits per heavy atom. The van der Waals surface area contributed by atoms with Gasteiger partial charge in [-0.25, -0.2) is 0 Å². The van der Waals surface area contributed by atoms with Crippen molar-refractivity contribution in [1.82, 2.24) is 4.90 Å². The van der Waals surface area contributed by atoms with Gasteiger partial charge in [-0.15, -0.1) is 0 Å². The van der Waals surface area contributed by atoms with Crippen molar-refractivity contribution in [2.24, 2.45) is 5.92 Å². The van der Waals surface area contributed by atoms with Crippen molar-refractivity contribution in [1.29, 1.82) is 5.26 Å². The largest absolute Gasteiger partial charge is 0.381 e. The molecule has 0 saturated carbocycles. The van der Waals surface area contributed by atoms with Gasteiger partial charge in [-0.05, 0) is 12.8 Å². The van der Waals surface area contributed by atoms with Gasteiger partial charge in [-0.2, -0.15) is 5.26 Å². The fraction of sp³-hybridized carbons (Fsp3) is 0.800. The Bertz CT molecular complexity index is 229. The van der Waals surface area contributed by atoms with Crippen LogP contribution >= 0.6 is 0 Å². The number of carbonyl (C=O) groups excluding carboxylic acids is 1. The molecule has 0 aromatic rings. The predicted molar refractivity (Wildman–Crippen MR) is 51.4 cm³/mol. The number of hydrogen-bond donors (Lipinski definition) is 0. The van der Waals surface area contributed by atoms with E-state index in [9.17, 15) is 4.79 Å². The van der Waals surface area contributed by atoms with Crippen LogP contribution in [0, 0.1) is 17.2 Å². The van der Waals surface area contributed by atoms with E-state index in [4.69, 9.17) is 10.00 Å². The molecule has 0 aromatic heterocycles. The number of hydrogen-bond acceptors (Lipinski definition) is 3. The lowest BCUT2D eigenvalue weighted by atomic mass is 10.1. The van der Waals surface area contributed by atoms with Crippen molar-refractivity contribution >= 4 is 5.91 Å². The minimum Gasteiger partial charge on any atom is -0.381 e. The van der Waals surface area contributed by atoms with Crippen LogP contribution in [0.1, 0.15) is 19.8 Å². The number of rotatable bonds is 4. The summed E-state index contributed by atoms with van der Waals surface area (Å²) >= 11 is 0. The summed E-state index contributed by atoms with van der Waals surface area (Å²) in [5.41, 5.74) is 0. The lowest BCUT2D eigenvalue weighted by Crippen LogP contribution is -2.37. The Hall–Kier alpha value is -1.08. The third kappa shape index (κ3) is 2.71. The summed E-state index contributed by atoms with van der Waals surface area (Å²) in [6.07, 6.45) is 1.69. The van der Waals surface area contributed by atoms with Crippen LogP contribution in [0.5, 0.6) is 0 Å². The molecule has 78 valence electrons. The highest BCUT2D eigenvalue weighted by Gasteiger charge is 2.27. The van der Waals surface area contributed by atoms with Crippen molar-refractivity contribution in [2.75, 3.05) is 26.3 Å². The Morgan fingerprint density at radius 2 is 2.50 bits per heavy atom. The van der Waals surface area contributed by atoms with Gasteiger partial charge in [0.15, 0.2) is 0 Å². The van der Waals surface area contributed by atoms with Gasteiger partial charge in [0, 0.05) is 13.2 Å². The summed E-state index contributed by atoms with van der Waals surface area (Å²) in [6.45, 7) is 4.06. The molecule has 1 saturated heterocycles. The smallest absolute Gasteiger partial charge is 0.228 e. The summed E-state index contributed by atoms with van der Waals surface area (Å²) in [6, 6.07) is 2.02. The van der Waals surface area contributed by atoms with Gasteiger partial charge in [-0.3, -0.25) is 4.79 Å². The second-order valence-corrected chi connectivity index (χ2v) is 3.48. The molecule has 0 N–H and O–H groups in total. The van der Waals surface area contributed by atoms with Crippen LogP contribution < -0.4 is 0 Å². The van der Waals surface area contributed by atoms with Crippen molar-refractivity contribution in [3.63, 3.8) is 0 Å². The first-order chi connectivity index (χ1) is 6.79. The summed E-state index contributed by atoms with van der Waals surface area (Å²) in [4.78, 5) is 13.4. The minimum atomic E-state index is -0.0186. The molecular formula is C10H16N2O2. The standard InChI is InChI=1S/C10H16N2O2/c1-2-5-12(6-4-11)10(13)9-3-7-14-8-9/h9H,2-3,5-8H2,1H3. The predicted octanol–water partition coefficient (Wildman–Crippen LogP) is 0.785. The second-order valence-electron chi connectivity index (χ2n) is 3.48. The number of carbonyl (C=O) groups is 1. The maximum Gasteiger partial charge on any atom is 0.228 e. The highest BCUT2D eigenvalue weighted by Crippen LogP contribution is 2.15. The SMILES string of the molecule is CCCN(CC#N)C(=O)C1CCOC1. The molecule has 1 aliphatic heterocycles. The van der Waals surface area contributed by atoms with E-state index in [2.05, 4.69) is 0 Å². The minimum absolute atomic E-state index is 0.0186. The fourth-order valence-electron chi connectivity index (χ4n) is 1.61. The average molecular weight is 196 g/mol. The van der Waals surface area contributed by atoms with Crippen molar-refractivity contribution in [3.8, 4) is 6.07 Å². The molecule has 1 amide bonds. The molecule has 1 rings (SSSR count). The summed E-state index contributed by atoms with van der Waals surface area (Å²) in [5, 5.41) is 8.58. The lowest BCUT2D eigenvalue weighted by molar-refractivity contribution is -0.134. The van der Waals surface area contributed by atoms with E-state index in [0.717, 1.165) is 12.8 Å². The van der Waals surface area contributed by atoms with Crippen LogP contribution in [0.25, 0.3) is 0 Å². The van der Waals surface area contributed by atoms with E-state index in [1.807, 2.05) is 13.0 Å².